The lowest BCUT2D eigenvalue weighted by Gasteiger charge is -2.01. The zero-order chi connectivity index (χ0) is 10.7. The molecule has 0 spiro atoms. The maximum atomic E-state index is 4.41. The number of halogens is 1. The molecule has 76 valence electrons. The Bertz CT molecular complexity index is 436. The van der Waals surface area contributed by atoms with Crippen molar-refractivity contribution in [1.29, 1.82) is 0 Å². The maximum absolute atomic E-state index is 4.41. The molecule has 0 atom stereocenters. The molecule has 0 aliphatic carbocycles. The Morgan fingerprint density at radius 2 is 1.80 bits per heavy atom. The van der Waals surface area contributed by atoms with Crippen LogP contribution in [-0.4, -0.2) is 11.2 Å². The van der Waals surface area contributed by atoms with Crippen LogP contribution >= 0.6 is 27.7 Å². The van der Waals surface area contributed by atoms with E-state index in [0.29, 0.717) is 0 Å². The van der Waals surface area contributed by atoms with Crippen molar-refractivity contribution >= 4 is 27.7 Å². The summed E-state index contributed by atoms with van der Waals surface area (Å²) in [6.07, 6.45) is 3.96. The van der Waals surface area contributed by atoms with Gasteiger partial charge in [0.25, 0.3) is 0 Å². The number of rotatable bonds is 2. The van der Waals surface area contributed by atoms with E-state index >= 15 is 0 Å². The summed E-state index contributed by atoms with van der Waals surface area (Å²) in [5, 5.41) is 0. The zero-order valence-corrected chi connectivity index (χ0v) is 10.7. The van der Waals surface area contributed by atoms with Crippen molar-refractivity contribution in [3.05, 3.63) is 47.1 Å². The van der Waals surface area contributed by atoms with Gasteiger partial charge in [-0.1, -0.05) is 28.1 Å². The molecule has 0 saturated carbocycles. The van der Waals surface area contributed by atoms with Crippen LogP contribution in [0.4, 0.5) is 0 Å². The monoisotopic (exact) mass is 279 g/mol. The Hall–Kier alpha value is -0.800. The van der Waals surface area contributed by atoms with E-state index in [2.05, 4.69) is 51.4 Å². The van der Waals surface area contributed by atoms with Gasteiger partial charge in [0, 0.05) is 21.1 Å². The molecule has 0 aliphatic rings. The average molecular weight is 280 g/mol. The average Bonchev–Trinajstić information content (AvgIpc) is 2.30. The summed E-state index contributed by atoms with van der Waals surface area (Å²) >= 11 is 5.12. The highest BCUT2D eigenvalue weighted by molar-refractivity contribution is 9.10. The van der Waals surface area contributed by atoms with Gasteiger partial charge in [-0.25, -0.2) is 0 Å². The summed E-state index contributed by atoms with van der Waals surface area (Å²) in [5.74, 6) is 0. The van der Waals surface area contributed by atoms with E-state index in [1.165, 1.54) is 4.90 Å². The van der Waals surface area contributed by atoms with Gasteiger partial charge in [-0.2, -0.15) is 0 Å². The highest BCUT2D eigenvalue weighted by Crippen LogP contribution is 2.21. The Kier molecular flexibility index (Phi) is 3.44. The first-order valence-corrected chi connectivity index (χ1v) is 6.57. The molecule has 0 radical (unpaired) electrons. The first-order valence-electron chi connectivity index (χ1n) is 4.55. The van der Waals surface area contributed by atoms with E-state index in [9.17, 15) is 0 Å². The fraction of sp³-hybridized carbons (Fsp3) is 0.0833. The van der Waals surface area contributed by atoms with Crippen molar-refractivity contribution in [2.75, 3.05) is 6.26 Å². The molecule has 1 aromatic heterocycles. The molecule has 1 nitrogen and oxygen atoms in total. The molecule has 0 amide bonds. The molecule has 0 saturated heterocycles. The van der Waals surface area contributed by atoms with E-state index < -0.39 is 0 Å². The normalized spacial score (nSPS) is 10.3. The van der Waals surface area contributed by atoms with Gasteiger partial charge >= 0.3 is 0 Å². The summed E-state index contributed by atoms with van der Waals surface area (Å²) in [5.41, 5.74) is 2.16. The molecule has 0 unspecified atom stereocenters. The van der Waals surface area contributed by atoms with Crippen molar-refractivity contribution in [2.45, 2.75) is 4.90 Å². The minimum atomic E-state index is 1.01. The van der Waals surface area contributed by atoms with Gasteiger partial charge < -0.3 is 0 Å². The standard InChI is InChI=1S/C12H10BrNS/c1-15-11-6-7-12(14-8-11)9-2-4-10(13)5-3-9/h2-8H,1H3. The first kappa shape index (κ1) is 10.7. The van der Waals surface area contributed by atoms with Crippen LogP contribution in [0.25, 0.3) is 11.3 Å². The van der Waals surface area contributed by atoms with E-state index in [1.54, 1.807) is 11.8 Å². The van der Waals surface area contributed by atoms with Crippen LogP contribution in [0.1, 0.15) is 0 Å². The van der Waals surface area contributed by atoms with Gasteiger partial charge in [0.05, 0.1) is 5.69 Å². The SMILES string of the molecule is CSc1ccc(-c2ccc(Br)cc2)nc1. The predicted molar refractivity (Wildman–Crippen MR) is 69.2 cm³/mol. The number of hydrogen-bond donors (Lipinski definition) is 0. The van der Waals surface area contributed by atoms with Gasteiger partial charge in [0.2, 0.25) is 0 Å². The Morgan fingerprint density at radius 1 is 1.07 bits per heavy atom. The van der Waals surface area contributed by atoms with Gasteiger partial charge in [0.15, 0.2) is 0 Å². The molecule has 0 N–H and O–H groups in total. The summed E-state index contributed by atoms with van der Waals surface area (Å²) in [4.78, 5) is 5.60. The second kappa shape index (κ2) is 4.81. The summed E-state index contributed by atoms with van der Waals surface area (Å²) in [6.45, 7) is 0. The van der Waals surface area contributed by atoms with Crippen LogP contribution in [0.2, 0.25) is 0 Å². The minimum Gasteiger partial charge on any atom is -0.255 e. The Balaban J connectivity index is 2.33. The molecule has 2 aromatic rings. The van der Waals surface area contributed by atoms with Crippen LogP contribution in [-0.2, 0) is 0 Å². The quantitative estimate of drug-likeness (QED) is 0.763. The van der Waals surface area contributed by atoms with E-state index in [-0.39, 0.29) is 0 Å². The number of hydrogen-bond acceptors (Lipinski definition) is 2. The molecular formula is C12H10BrNS. The molecule has 1 heterocycles. The van der Waals surface area contributed by atoms with Crippen molar-refractivity contribution in [2.24, 2.45) is 0 Å². The van der Waals surface area contributed by atoms with E-state index in [4.69, 9.17) is 0 Å². The molecule has 2 rings (SSSR count). The van der Waals surface area contributed by atoms with Crippen LogP contribution < -0.4 is 0 Å². The molecular weight excluding hydrogens is 270 g/mol. The van der Waals surface area contributed by atoms with Gasteiger partial charge in [-0.15, -0.1) is 11.8 Å². The summed E-state index contributed by atoms with van der Waals surface area (Å²) < 4.78 is 1.09. The molecule has 15 heavy (non-hydrogen) atoms. The fourth-order valence-corrected chi connectivity index (χ4v) is 1.92. The Labute approximate surface area is 102 Å². The number of benzene rings is 1. The van der Waals surface area contributed by atoms with E-state index in [1.807, 2.05) is 18.3 Å². The topological polar surface area (TPSA) is 12.9 Å². The number of nitrogens with zero attached hydrogens (tertiary/aromatic N) is 1. The Morgan fingerprint density at radius 3 is 2.33 bits per heavy atom. The third-order valence-corrected chi connectivity index (χ3v) is 3.35. The molecule has 0 aliphatic heterocycles. The molecule has 1 aromatic carbocycles. The molecule has 0 bridgehead atoms. The van der Waals surface area contributed by atoms with Crippen LogP contribution in [0.3, 0.4) is 0 Å². The van der Waals surface area contributed by atoms with Crippen molar-refractivity contribution in [3.63, 3.8) is 0 Å². The number of pyridine rings is 1. The third kappa shape index (κ3) is 2.61. The first-order chi connectivity index (χ1) is 7.29. The highest BCUT2D eigenvalue weighted by Gasteiger charge is 1.98. The van der Waals surface area contributed by atoms with Gasteiger partial charge in [0.1, 0.15) is 0 Å². The lowest BCUT2D eigenvalue weighted by molar-refractivity contribution is 1.24. The highest BCUT2D eigenvalue weighted by atomic mass is 79.9. The third-order valence-electron chi connectivity index (χ3n) is 2.11. The lowest BCUT2D eigenvalue weighted by Crippen LogP contribution is -1.82. The number of thioether (sulfide) groups is 1. The van der Waals surface area contributed by atoms with Gasteiger partial charge in [-0.05, 0) is 30.5 Å². The predicted octanol–water partition coefficient (Wildman–Crippen LogP) is 4.23. The zero-order valence-electron chi connectivity index (χ0n) is 8.27. The van der Waals surface area contributed by atoms with Crippen LogP contribution in [0.15, 0.2) is 52.0 Å². The smallest absolute Gasteiger partial charge is 0.0702 e. The van der Waals surface area contributed by atoms with Crippen molar-refractivity contribution in [1.82, 2.24) is 4.98 Å². The minimum absolute atomic E-state index is 1.01. The van der Waals surface area contributed by atoms with Crippen molar-refractivity contribution in [3.8, 4) is 11.3 Å². The fourth-order valence-electron chi connectivity index (χ4n) is 1.29. The van der Waals surface area contributed by atoms with Gasteiger partial charge in [-0.3, -0.25) is 4.98 Å². The van der Waals surface area contributed by atoms with Crippen LogP contribution in [0.5, 0.6) is 0 Å². The largest absolute Gasteiger partial charge is 0.255 e. The van der Waals surface area contributed by atoms with E-state index in [0.717, 1.165) is 15.7 Å². The summed E-state index contributed by atoms with van der Waals surface area (Å²) in [6, 6.07) is 12.3. The second-order valence-electron chi connectivity index (χ2n) is 3.09. The molecule has 0 fully saturated rings. The molecule has 3 heteroatoms. The lowest BCUT2D eigenvalue weighted by atomic mass is 10.1. The van der Waals surface area contributed by atoms with Crippen molar-refractivity contribution < 1.29 is 0 Å². The number of aromatic nitrogens is 1. The summed E-state index contributed by atoms with van der Waals surface area (Å²) in [7, 11) is 0. The second-order valence-corrected chi connectivity index (χ2v) is 4.89. The van der Waals surface area contributed by atoms with Crippen LogP contribution in [0, 0.1) is 0 Å². The maximum Gasteiger partial charge on any atom is 0.0702 e.